The lowest BCUT2D eigenvalue weighted by atomic mass is 9.69. The molecule has 0 amide bonds. The molecule has 132 valence electrons. The molecule has 2 aliphatic rings. The normalized spacial score (nSPS) is 34.9. The third kappa shape index (κ3) is 5.19. The molecule has 1 aliphatic heterocycles. The van der Waals surface area contributed by atoms with Crippen LogP contribution in [0.1, 0.15) is 84.5 Å². The van der Waals surface area contributed by atoms with Gasteiger partial charge in [-0.1, -0.05) is 52.4 Å². The Bertz CT molecular complexity index is 360. The maximum atomic E-state index is 9.79. The van der Waals surface area contributed by atoms with E-state index in [1.165, 1.54) is 57.8 Å². The molecule has 0 aromatic carbocycles. The van der Waals surface area contributed by atoms with E-state index in [9.17, 15) is 5.26 Å². The number of hydrogen-bond donors (Lipinski definition) is 0. The largest absolute Gasteiger partial charge is 0.351 e. The number of nitriles is 1. The molecule has 0 aromatic rings. The summed E-state index contributed by atoms with van der Waals surface area (Å²) >= 11 is 0. The second-order valence-corrected chi connectivity index (χ2v) is 7.71. The first-order valence-corrected chi connectivity index (χ1v) is 9.88. The average molecular weight is 322 g/mol. The van der Waals surface area contributed by atoms with Crippen LogP contribution >= 0.6 is 0 Å². The minimum atomic E-state index is -0.392. The van der Waals surface area contributed by atoms with Crippen LogP contribution in [-0.4, -0.2) is 19.5 Å². The lowest BCUT2D eigenvalue weighted by Gasteiger charge is -2.42. The molecule has 0 N–H and O–H groups in total. The molecule has 1 saturated carbocycles. The lowest BCUT2D eigenvalue weighted by molar-refractivity contribution is -0.247. The minimum Gasteiger partial charge on any atom is -0.351 e. The maximum Gasteiger partial charge on any atom is 0.176 e. The van der Waals surface area contributed by atoms with Gasteiger partial charge in [-0.3, -0.25) is 0 Å². The highest BCUT2D eigenvalue weighted by atomic mass is 16.7. The molecule has 2 rings (SSSR count). The van der Waals surface area contributed by atoms with Gasteiger partial charge in [0.25, 0.3) is 0 Å². The molecule has 2 fully saturated rings. The second-order valence-electron chi connectivity index (χ2n) is 7.71. The molecule has 3 heteroatoms. The summed E-state index contributed by atoms with van der Waals surface area (Å²) in [5.74, 6) is 1.33. The van der Waals surface area contributed by atoms with E-state index in [1.807, 2.05) is 0 Å². The fourth-order valence-electron chi connectivity index (χ4n) is 4.09. The van der Waals surface area contributed by atoms with Crippen LogP contribution in [0.4, 0.5) is 0 Å². The standard InChI is InChI=1S/C20H35NO2/c1-3-5-7-9-17-10-12-20(16-21,13-11-17)19-22-14-18(15-23-19)8-6-4-2/h17-19H,3-15H2,1-2H3. The molecule has 0 radical (unpaired) electrons. The third-order valence-electron chi connectivity index (χ3n) is 5.82. The topological polar surface area (TPSA) is 42.2 Å². The van der Waals surface area contributed by atoms with Gasteiger partial charge in [0.15, 0.2) is 6.29 Å². The van der Waals surface area contributed by atoms with Gasteiger partial charge in [-0.05, 0) is 38.0 Å². The summed E-state index contributed by atoms with van der Waals surface area (Å²) in [7, 11) is 0. The summed E-state index contributed by atoms with van der Waals surface area (Å²) < 4.78 is 12.0. The van der Waals surface area contributed by atoms with Gasteiger partial charge < -0.3 is 9.47 Å². The summed E-state index contributed by atoms with van der Waals surface area (Å²) in [6, 6.07) is 2.58. The van der Waals surface area contributed by atoms with Crippen molar-refractivity contribution >= 4 is 0 Å². The first-order valence-electron chi connectivity index (χ1n) is 9.88. The average Bonchev–Trinajstić information content (AvgIpc) is 2.61. The van der Waals surface area contributed by atoms with E-state index >= 15 is 0 Å². The number of rotatable bonds is 8. The van der Waals surface area contributed by atoms with E-state index in [0.717, 1.165) is 32.0 Å². The Hall–Kier alpha value is -0.590. The molecular formula is C20H35NO2. The Labute approximate surface area is 142 Å². The van der Waals surface area contributed by atoms with Crippen LogP contribution in [0.15, 0.2) is 0 Å². The molecule has 0 aromatic heterocycles. The monoisotopic (exact) mass is 321 g/mol. The van der Waals surface area contributed by atoms with E-state index in [1.54, 1.807) is 0 Å². The summed E-state index contributed by atoms with van der Waals surface area (Å²) in [5.41, 5.74) is -0.392. The van der Waals surface area contributed by atoms with Gasteiger partial charge in [-0.25, -0.2) is 0 Å². The molecule has 0 bridgehead atoms. The van der Waals surface area contributed by atoms with Crippen LogP contribution in [0.5, 0.6) is 0 Å². The Morgan fingerprint density at radius 3 is 2.09 bits per heavy atom. The van der Waals surface area contributed by atoms with E-state index < -0.39 is 5.41 Å². The maximum absolute atomic E-state index is 9.79. The summed E-state index contributed by atoms with van der Waals surface area (Å²) in [6.07, 6.45) is 12.9. The number of hydrogen-bond acceptors (Lipinski definition) is 3. The van der Waals surface area contributed by atoms with Crippen molar-refractivity contribution in [2.24, 2.45) is 17.3 Å². The van der Waals surface area contributed by atoms with Crippen LogP contribution in [0.25, 0.3) is 0 Å². The minimum absolute atomic E-state index is 0.290. The number of nitrogens with zero attached hydrogens (tertiary/aromatic N) is 1. The predicted molar refractivity (Wildman–Crippen MR) is 92.9 cm³/mol. The number of unbranched alkanes of at least 4 members (excludes halogenated alkanes) is 3. The summed E-state index contributed by atoms with van der Waals surface area (Å²) in [5, 5.41) is 9.79. The zero-order valence-corrected chi connectivity index (χ0v) is 15.2. The molecule has 1 saturated heterocycles. The smallest absolute Gasteiger partial charge is 0.176 e. The highest BCUT2D eigenvalue weighted by molar-refractivity contribution is 5.04. The van der Waals surface area contributed by atoms with Crippen molar-refractivity contribution in [3.63, 3.8) is 0 Å². The summed E-state index contributed by atoms with van der Waals surface area (Å²) in [6.45, 7) is 6.02. The molecule has 23 heavy (non-hydrogen) atoms. The Morgan fingerprint density at radius 2 is 1.52 bits per heavy atom. The van der Waals surface area contributed by atoms with E-state index in [2.05, 4.69) is 19.9 Å². The van der Waals surface area contributed by atoms with Gasteiger partial charge >= 0.3 is 0 Å². The van der Waals surface area contributed by atoms with Crippen molar-refractivity contribution < 1.29 is 9.47 Å². The van der Waals surface area contributed by atoms with E-state index in [-0.39, 0.29) is 6.29 Å². The number of ether oxygens (including phenoxy) is 2. The van der Waals surface area contributed by atoms with Gasteiger partial charge in [0.1, 0.15) is 5.41 Å². The zero-order chi connectivity index (χ0) is 16.5. The van der Waals surface area contributed by atoms with Crippen molar-refractivity contribution in [1.82, 2.24) is 0 Å². The molecule has 0 unspecified atom stereocenters. The van der Waals surface area contributed by atoms with Crippen molar-refractivity contribution in [2.75, 3.05) is 13.2 Å². The van der Waals surface area contributed by atoms with Crippen LogP contribution in [0.2, 0.25) is 0 Å². The summed E-state index contributed by atoms with van der Waals surface area (Å²) in [4.78, 5) is 0. The fourth-order valence-corrected chi connectivity index (χ4v) is 4.09. The molecule has 1 aliphatic carbocycles. The van der Waals surface area contributed by atoms with Gasteiger partial charge in [0.2, 0.25) is 0 Å². The third-order valence-corrected chi connectivity index (χ3v) is 5.82. The predicted octanol–water partition coefficient (Wildman–Crippen LogP) is 5.45. The quantitative estimate of drug-likeness (QED) is 0.558. The van der Waals surface area contributed by atoms with Gasteiger partial charge in [0, 0.05) is 5.92 Å². The molecule has 0 spiro atoms. The Kier molecular flexibility index (Phi) is 7.86. The van der Waals surface area contributed by atoms with Crippen LogP contribution in [-0.2, 0) is 9.47 Å². The Morgan fingerprint density at radius 1 is 0.913 bits per heavy atom. The second kappa shape index (κ2) is 9.64. The van der Waals surface area contributed by atoms with E-state index in [0.29, 0.717) is 5.92 Å². The van der Waals surface area contributed by atoms with Crippen molar-refractivity contribution in [2.45, 2.75) is 90.8 Å². The first kappa shape index (κ1) is 18.7. The van der Waals surface area contributed by atoms with Crippen LogP contribution in [0.3, 0.4) is 0 Å². The highest BCUT2D eigenvalue weighted by Gasteiger charge is 2.45. The Balaban J connectivity index is 1.78. The SMILES string of the molecule is CCCCCC1CCC(C#N)(C2OCC(CCCC)CO2)CC1. The van der Waals surface area contributed by atoms with Gasteiger partial charge in [-0.15, -0.1) is 0 Å². The van der Waals surface area contributed by atoms with E-state index in [4.69, 9.17) is 9.47 Å². The lowest BCUT2D eigenvalue weighted by Crippen LogP contribution is -2.45. The fraction of sp³-hybridized carbons (Fsp3) is 0.950. The molecule has 1 heterocycles. The van der Waals surface area contributed by atoms with Crippen LogP contribution < -0.4 is 0 Å². The zero-order valence-electron chi connectivity index (χ0n) is 15.2. The first-order chi connectivity index (χ1) is 11.2. The van der Waals surface area contributed by atoms with Gasteiger partial charge in [0.05, 0.1) is 19.3 Å². The molecular weight excluding hydrogens is 286 g/mol. The van der Waals surface area contributed by atoms with Crippen molar-refractivity contribution in [3.05, 3.63) is 0 Å². The highest BCUT2D eigenvalue weighted by Crippen LogP contribution is 2.45. The van der Waals surface area contributed by atoms with Crippen molar-refractivity contribution in [3.8, 4) is 6.07 Å². The van der Waals surface area contributed by atoms with Gasteiger partial charge in [-0.2, -0.15) is 5.26 Å². The molecule has 3 nitrogen and oxygen atoms in total. The van der Waals surface area contributed by atoms with Crippen LogP contribution in [0, 0.1) is 28.6 Å². The molecule has 0 atom stereocenters. The van der Waals surface area contributed by atoms with Crippen molar-refractivity contribution in [1.29, 1.82) is 5.26 Å².